The second-order valence-corrected chi connectivity index (χ2v) is 19.3. The van der Waals surface area contributed by atoms with Gasteiger partial charge in [0.2, 0.25) is 0 Å². The Hall–Kier alpha value is -5.35. The Labute approximate surface area is 365 Å². The lowest BCUT2D eigenvalue weighted by Gasteiger charge is -2.47. The largest absolute Gasteiger partial charge is 0.453 e. The van der Waals surface area contributed by atoms with E-state index in [0.717, 1.165) is 68.2 Å². The molecule has 16 heteroatoms. The lowest BCUT2D eigenvalue weighted by atomic mass is 9.59. The van der Waals surface area contributed by atoms with Crippen molar-refractivity contribution in [1.82, 2.24) is 24.6 Å². The number of benzene rings is 2. The van der Waals surface area contributed by atoms with Crippen LogP contribution in [0.5, 0.6) is 11.5 Å². The summed E-state index contributed by atoms with van der Waals surface area (Å²) >= 11 is 6.27. The van der Waals surface area contributed by atoms with Crippen LogP contribution in [0.25, 0.3) is 16.6 Å². The summed E-state index contributed by atoms with van der Waals surface area (Å²) in [5.41, 5.74) is 5.91. The highest BCUT2D eigenvalue weighted by Crippen LogP contribution is 2.55. The molecule has 62 heavy (non-hydrogen) atoms. The number of amides is 1. The van der Waals surface area contributed by atoms with Gasteiger partial charge in [-0.3, -0.25) is 19.8 Å². The van der Waals surface area contributed by atoms with Gasteiger partial charge in [0.05, 0.1) is 27.9 Å². The second kappa shape index (κ2) is 17.8. The van der Waals surface area contributed by atoms with Crippen molar-refractivity contribution in [3.05, 3.63) is 117 Å². The smallest absolute Gasteiger partial charge is 0.287 e. The van der Waals surface area contributed by atoms with E-state index in [1.54, 1.807) is 24.5 Å². The van der Waals surface area contributed by atoms with E-state index in [1.165, 1.54) is 60.7 Å². The van der Waals surface area contributed by atoms with Crippen LogP contribution >= 0.6 is 11.6 Å². The van der Waals surface area contributed by atoms with Crippen LogP contribution in [-0.2, 0) is 21.2 Å². The third-order valence-corrected chi connectivity index (χ3v) is 14.9. The fourth-order valence-electron chi connectivity index (χ4n) is 9.50. The maximum Gasteiger partial charge on any atom is 0.287 e. The Bertz CT molecular complexity index is 2620. The molecule has 5 heterocycles. The maximum atomic E-state index is 13.9. The number of piperazine rings is 1. The molecule has 1 amide bonds. The first-order valence-corrected chi connectivity index (χ1v) is 23.3. The number of nitrogens with zero attached hydrogens (tertiary/aromatic N) is 5. The summed E-state index contributed by atoms with van der Waals surface area (Å²) in [6, 6.07) is 17.3. The molecule has 2 saturated heterocycles. The Morgan fingerprint density at radius 2 is 1.79 bits per heavy atom. The number of fused-ring (bicyclic) bond motifs is 1. The quantitative estimate of drug-likeness (QED) is 0.0856. The van der Waals surface area contributed by atoms with Crippen LogP contribution in [0.15, 0.2) is 89.7 Å². The van der Waals surface area contributed by atoms with Gasteiger partial charge in [0.15, 0.2) is 11.4 Å². The van der Waals surface area contributed by atoms with Gasteiger partial charge >= 0.3 is 0 Å². The van der Waals surface area contributed by atoms with Gasteiger partial charge < -0.3 is 19.4 Å². The van der Waals surface area contributed by atoms with Gasteiger partial charge in [0.25, 0.3) is 21.6 Å². The zero-order valence-corrected chi connectivity index (χ0v) is 36.1. The zero-order chi connectivity index (χ0) is 42.8. The molecule has 3 fully saturated rings. The summed E-state index contributed by atoms with van der Waals surface area (Å²) in [6.07, 6.45) is 15.1. The van der Waals surface area contributed by atoms with Crippen LogP contribution < -0.4 is 14.4 Å². The van der Waals surface area contributed by atoms with Gasteiger partial charge in [-0.2, -0.15) is 0 Å². The third-order valence-electron chi connectivity index (χ3n) is 13.3. The first-order chi connectivity index (χ1) is 30.0. The number of aryl methyl sites for hydroxylation is 1. The highest BCUT2D eigenvalue weighted by molar-refractivity contribution is 7.90. The number of hydrogen-bond donors (Lipinski definition) is 2. The standard InChI is InChI=1S/C46H50ClN7O7S/c47-36-7-4-32(5-8-36)40-27-46(14-1-15-46)16-10-35(40)30-52-18-20-53(21-19-52)37-25-42(61-38-24-34-11-17-48-44(34)50-29-38)43(49-28-37)45(55)51-62(58,59)39-9-6-33(41(26-39)54(56)57)3-2-31-12-22-60-23-13-31/h4-9,11,17,24-26,28-29,31H,1-3,10,12-16,18-23,27,30H2,(H,48,50)(H,51,55). The molecular formula is C46H50ClN7O7S. The van der Waals surface area contributed by atoms with E-state index >= 15 is 0 Å². The topological polar surface area (TPSA) is 173 Å². The minimum atomic E-state index is -4.56. The van der Waals surface area contributed by atoms with Gasteiger partial charge in [-0.25, -0.2) is 23.1 Å². The highest BCUT2D eigenvalue weighted by Gasteiger charge is 2.41. The first kappa shape index (κ1) is 42.0. The molecule has 2 N–H and O–H groups in total. The molecule has 2 aliphatic heterocycles. The molecular weight excluding hydrogens is 830 g/mol. The fraction of sp³-hybridized carbons (Fsp3) is 0.413. The number of allylic oxidation sites excluding steroid dienone is 1. The number of anilines is 1. The summed E-state index contributed by atoms with van der Waals surface area (Å²) in [5.74, 6) is -0.302. The Morgan fingerprint density at radius 3 is 2.53 bits per heavy atom. The fourth-order valence-corrected chi connectivity index (χ4v) is 10.6. The molecule has 0 unspecified atom stereocenters. The van der Waals surface area contributed by atoms with Crippen LogP contribution in [0.3, 0.4) is 0 Å². The number of carbonyl (C=O) groups excluding carboxylic acids is 1. The predicted octanol–water partition coefficient (Wildman–Crippen LogP) is 8.72. The van der Waals surface area contributed by atoms with Gasteiger partial charge in [0.1, 0.15) is 11.4 Å². The number of carbonyl (C=O) groups is 1. The van der Waals surface area contributed by atoms with E-state index in [2.05, 4.69) is 41.6 Å². The number of nitro benzene ring substituents is 1. The van der Waals surface area contributed by atoms with Crippen molar-refractivity contribution in [3.8, 4) is 11.5 Å². The molecule has 9 rings (SSSR count). The minimum Gasteiger partial charge on any atom is -0.453 e. The van der Waals surface area contributed by atoms with Gasteiger partial charge in [-0.1, -0.05) is 41.8 Å². The van der Waals surface area contributed by atoms with Gasteiger partial charge in [0, 0.05) is 80.2 Å². The van der Waals surface area contributed by atoms with Gasteiger partial charge in [-0.15, -0.1) is 0 Å². The molecule has 0 bridgehead atoms. The third kappa shape index (κ3) is 9.22. The number of ether oxygens (including phenoxy) is 2. The lowest BCUT2D eigenvalue weighted by molar-refractivity contribution is -0.385. The molecule has 1 spiro atoms. The number of nitrogens with one attached hydrogen (secondary N) is 2. The average Bonchev–Trinajstić information content (AvgIpc) is 3.74. The molecule has 2 aromatic carbocycles. The Morgan fingerprint density at radius 1 is 1.00 bits per heavy atom. The van der Waals surface area contributed by atoms with Crippen LogP contribution in [-0.4, -0.2) is 85.0 Å². The highest BCUT2D eigenvalue weighted by atomic mass is 35.5. The molecule has 0 atom stereocenters. The summed E-state index contributed by atoms with van der Waals surface area (Å²) < 4.78 is 41.1. The summed E-state index contributed by atoms with van der Waals surface area (Å²) in [4.78, 5) is 41.6. The molecule has 3 aromatic heterocycles. The SMILES string of the molecule is O=C(NS(=O)(=O)c1ccc(CCC2CCOCC2)c([N+](=O)[O-])c1)c1ncc(N2CCN(CC3=C(c4ccc(Cl)cc4)CC4(CCC4)CC3)CC2)cc1Oc1cnc2[nH]ccc2c1. The van der Waals surface area contributed by atoms with Crippen molar-refractivity contribution in [3.63, 3.8) is 0 Å². The molecule has 4 aliphatic rings. The molecule has 2 aliphatic carbocycles. The van der Waals surface area contributed by atoms with E-state index < -0.39 is 25.7 Å². The summed E-state index contributed by atoms with van der Waals surface area (Å²) in [6.45, 7) is 5.26. The predicted molar refractivity (Wildman–Crippen MR) is 237 cm³/mol. The number of sulfonamides is 1. The van der Waals surface area contributed by atoms with E-state index in [0.29, 0.717) is 66.7 Å². The average molecular weight is 880 g/mol. The number of hydrogen-bond acceptors (Lipinski definition) is 11. The Kier molecular flexibility index (Phi) is 12.0. The van der Waals surface area contributed by atoms with Crippen molar-refractivity contribution >= 4 is 55.5 Å². The van der Waals surface area contributed by atoms with Crippen LogP contribution in [0.1, 0.15) is 79.4 Å². The molecule has 14 nitrogen and oxygen atoms in total. The van der Waals surface area contributed by atoms with E-state index in [1.807, 2.05) is 18.2 Å². The van der Waals surface area contributed by atoms with Gasteiger partial charge in [-0.05, 0) is 111 Å². The number of rotatable bonds is 13. The first-order valence-electron chi connectivity index (χ1n) is 21.5. The number of aromatic amines is 1. The van der Waals surface area contributed by atoms with Crippen molar-refractivity contribution in [2.45, 2.75) is 69.1 Å². The molecule has 5 aromatic rings. The maximum absolute atomic E-state index is 13.9. The lowest BCUT2D eigenvalue weighted by Crippen LogP contribution is -2.47. The number of pyridine rings is 2. The zero-order valence-electron chi connectivity index (χ0n) is 34.5. The van der Waals surface area contributed by atoms with Crippen molar-refractivity contribution in [1.29, 1.82) is 0 Å². The molecule has 1 saturated carbocycles. The van der Waals surface area contributed by atoms with E-state index in [4.69, 9.17) is 21.1 Å². The van der Waals surface area contributed by atoms with Crippen molar-refractivity contribution in [2.75, 3.05) is 50.8 Å². The number of nitro groups is 1. The minimum absolute atomic E-state index is 0.0358. The number of H-pyrrole nitrogens is 1. The van der Waals surface area contributed by atoms with E-state index in [-0.39, 0.29) is 17.1 Å². The van der Waals surface area contributed by atoms with Crippen molar-refractivity contribution in [2.24, 2.45) is 11.3 Å². The van der Waals surface area contributed by atoms with Crippen LogP contribution in [0, 0.1) is 21.4 Å². The molecule has 324 valence electrons. The molecule has 0 radical (unpaired) electrons. The summed E-state index contributed by atoms with van der Waals surface area (Å²) in [5, 5.41) is 13.6. The second-order valence-electron chi connectivity index (χ2n) is 17.2. The Balaban J connectivity index is 0.926. The van der Waals surface area contributed by atoms with E-state index in [9.17, 15) is 23.3 Å². The monoisotopic (exact) mass is 879 g/mol. The summed E-state index contributed by atoms with van der Waals surface area (Å²) in [7, 11) is -4.56. The number of aromatic nitrogens is 3. The van der Waals surface area contributed by atoms with Crippen molar-refractivity contribution < 1.29 is 27.6 Å². The van der Waals surface area contributed by atoms with Crippen LogP contribution in [0.4, 0.5) is 11.4 Å². The van der Waals surface area contributed by atoms with Crippen LogP contribution in [0.2, 0.25) is 5.02 Å². The number of halogens is 1. The normalized spacial score (nSPS) is 18.5.